The van der Waals surface area contributed by atoms with Crippen LogP contribution in [0.25, 0.3) is 0 Å². The van der Waals surface area contributed by atoms with E-state index < -0.39 is 11.4 Å². The second-order valence-electron chi connectivity index (χ2n) is 6.99. The van der Waals surface area contributed by atoms with E-state index in [1.165, 1.54) is 0 Å². The Bertz CT molecular complexity index is 1050. The van der Waals surface area contributed by atoms with Gasteiger partial charge in [0.2, 0.25) is 5.91 Å². The first-order valence-electron chi connectivity index (χ1n) is 9.50. The molecule has 4 nitrogen and oxygen atoms in total. The summed E-state index contributed by atoms with van der Waals surface area (Å²) in [6, 6.07) is 26.0. The number of anilines is 1. The standard InChI is InChI=1S/C25H21NO3/c1-2-17-25(24(28)29-20-13-7-4-8-14-20)21-15-9-10-16-22(21)26(23(25)27)18-19-11-5-3-6-12-19/h2-16H,1,17-18H2. The second-order valence-corrected chi connectivity index (χ2v) is 6.99. The molecule has 144 valence electrons. The van der Waals surface area contributed by atoms with Gasteiger partial charge in [0.15, 0.2) is 5.41 Å². The summed E-state index contributed by atoms with van der Waals surface area (Å²) in [5.74, 6) is -0.465. The Morgan fingerprint density at radius 3 is 2.24 bits per heavy atom. The van der Waals surface area contributed by atoms with Gasteiger partial charge < -0.3 is 9.64 Å². The molecule has 0 saturated carbocycles. The maximum Gasteiger partial charge on any atom is 0.332 e. The molecule has 0 bridgehead atoms. The van der Waals surface area contributed by atoms with Gasteiger partial charge in [-0.15, -0.1) is 6.58 Å². The fourth-order valence-electron chi connectivity index (χ4n) is 3.82. The minimum Gasteiger partial charge on any atom is -0.425 e. The van der Waals surface area contributed by atoms with Crippen LogP contribution in [0.4, 0.5) is 5.69 Å². The molecule has 3 aromatic carbocycles. The maximum absolute atomic E-state index is 13.7. The van der Waals surface area contributed by atoms with Crippen LogP contribution in [-0.2, 0) is 21.5 Å². The Hall–Kier alpha value is -3.66. The Morgan fingerprint density at radius 2 is 1.55 bits per heavy atom. The Morgan fingerprint density at radius 1 is 0.931 bits per heavy atom. The lowest BCUT2D eigenvalue weighted by Crippen LogP contribution is -2.48. The van der Waals surface area contributed by atoms with Gasteiger partial charge in [0.1, 0.15) is 5.75 Å². The van der Waals surface area contributed by atoms with E-state index in [-0.39, 0.29) is 12.3 Å². The maximum atomic E-state index is 13.7. The highest BCUT2D eigenvalue weighted by molar-refractivity contribution is 6.20. The number of amides is 1. The molecule has 29 heavy (non-hydrogen) atoms. The number of nitrogens with zero attached hydrogens (tertiary/aromatic N) is 1. The smallest absolute Gasteiger partial charge is 0.332 e. The summed E-state index contributed by atoms with van der Waals surface area (Å²) in [4.78, 5) is 28.7. The molecule has 1 aliphatic heterocycles. The van der Waals surface area contributed by atoms with Crippen molar-refractivity contribution >= 4 is 17.6 Å². The lowest BCUT2D eigenvalue weighted by atomic mass is 9.78. The Balaban J connectivity index is 1.77. The van der Waals surface area contributed by atoms with Crippen LogP contribution in [0.3, 0.4) is 0 Å². The molecule has 0 N–H and O–H groups in total. The van der Waals surface area contributed by atoms with Gasteiger partial charge in [-0.3, -0.25) is 9.59 Å². The first kappa shape index (κ1) is 18.7. The molecular formula is C25H21NO3. The molecule has 0 radical (unpaired) electrons. The topological polar surface area (TPSA) is 46.6 Å². The molecule has 1 aliphatic rings. The highest BCUT2D eigenvalue weighted by atomic mass is 16.5. The van der Waals surface area contributed by atoms with Crippen molar-refractivity contribution in [1.29, 1.82) is 0 Å². The first-order chi connectivity index (χ1) is 14.2. The molecule has 1 heterocycles. The van der Waals surface area contributed by atoms with Gasteiger partial charge >= 0.3 is 5.97 Å². The molecule has 0 saturated heterocycles. The zero-order chi connectivity index (χ0) is 20.3. The van der Waals surface area contributed by atoms with Gasteiger partial charge in [0, 0.05) is 11.3 Å². The van der Waals surface area contributed by atoms with E-state index in [2.05, 4.69) is 6.58 Å². The van der Waals surface area contributed by atoms with E-state index in [0.717, 1.165) is 11.3 Å². The normalized spacial score (nSPS) is 17.7. The third kappa shape index (κ3) is 3.23. The highest BCUT2D eigenvalue weighted by Gasteiger charge is 2.56. The monoisotopic (exact) mass is 383 g/mol. The zero-order valence-corrected chi connectivity index (χ0v) is 16.0. The fourth-order valence-corrected chi connectivity index (χ4v) is 3.82. The predicted molar refractivity (Wildman–Crippen MR) is 113 cm³/mol. The molecule has 1 amide bonds. The van der Waals surface area contributed by atoms with Crippen molar-refractivity contribution in [3.63, 3.8) is 0 Å². The summed E-state index contributed by atoms with van der Waals surface area (Å²) < 4.78 is 5.65. The van der Waals surface area contributed by atoms with E-state index in [1.807, 2.05) is 60.7 Å². The molecule has 0 aromatic heterocycles. The molecule has 4 rings (SSSR count). The van der Waals surface area contributed by atoms with Crippen LogP contribution in [0.1, 0.15) is 17.5 Å². The number of benzene rings is 3. The number of allylic oxidation sites excluding steroid dienone is 1. The van der Waals surface area contributed by atoms with E-state index >= 15 is 0 Å². The third-order valence-corrected chi connectivity index (χ3v) is 5.20. The Kier molecular flexibility index (Phi) is 5.00. The Labute approximate surface area is 170 Å². The average Bonchev–Trinajstić information content (AvgIpc) is 2.99. The molecule has 1 unspecified atom stereocenters. The number of carbonyl (C=O) groups excluding carboxylic acids is 2. The molecule has 4 heteroatoms. The van der Waals surface area contributed by atoms with Gasteiger partial charge in [-0.05, 0) is 30.2 Å². The van der Waals surface area contributed by atoms with E-state index in [9.17, 15) is 9.59 Å². The van der Waals surface area contributed by atoms with Gasteiger partial charge in [-0.1, -0.05) is 72.8 Å². The number of ether oxygens (including phenoxy) is 1. The predicted octanol–water partition coefficient (Wildman–Crippen LogP) is 4.65. The molecule has 3 aromatic rings. The average molecular weight is 383 g/mol. The molecule has 1 atom stereocenters. The quantitative estimate of drug-likeness (QED) is 0.269. The molecule has 0 spiro atoms. The van der Waals surface area contributed by atoms with Crippen molar-refractivity contribution in [3.05, 3.63) is 109 Å². The van der Waals surface area contributed by atoms with Crippen molar-refractivity contribution in [2.45, 2.75) is 18.4 Å². The summed E-state index contributed by atoms with van der Waals surface area (Å²) in [6.45, 7) is 4.18. The van der Waals surface area contributed by atoms with Gasteiger partial charge in [-0.25, -0.2) is 0 Å². The molecule has 0 fully saturated rings. The van der Waals surface area contributed by atoms with Crippen LogP contribution in [0.15, 0.2) is 97.6 Å². The summed E-state index contributed by atoms with van der Waals surface area (Å²) in [7, 11) is 0. The van der Waals surface area contributed by atoms with Gasteiger partial charge in [0.05, 0.1) is 6.54 Å². The van der Waals surface area contributed by atoms with Crippen molar-refractivity contribution in [1.82, 2.24) is 0 Å². The number of para-hydroxylation sites is 2. The van der Waals surface area contributed by atoms with Crippen molar-refractivity contribution < 1.29 is 14.3 Å². The van der Waals surface area contributed by atoms with Crippen molar-refractivity contribution in [2.75, 3.05) is 4.90 Å². The van der Waals surface area contributed by atoms with E-state index in [4.69, 9.17) is 4.74 Å². The first-order valence-corrected chi connectivity index (χ1v) is 9.50. The largest absolute Gasteiger partial charge is 0.425 e. The number of hydrogen-bond donors (Lipinski definition) is 0. The molecule has 0 aliphatic carbocycles. The summed E-state index contributed by atoms with van der Waals surface area (Å²) >= 11 is 0. The van der Waals surface area contributed by atoms with E-state index in [1.54, 1.807) is 35.2 Å². The summed E-state index contributed by atoms with van der Waals surface area (Å²) in [6.07, 6.45) is 1.77. The lowest BCUT2D eigenvalue weighted by Gasteiger charge is -2.25. The van der Waals surface area contributed by atoms with E-state index in [0.29, 0.717) is 17.9 Å². The highest BCUT2D eigenvalue weighted by Crippen LogP contribution is 2.46. The van der Waals surface area contributed by atoms with Crippen LogP contribution < -0.4 is 9.64 Å². The third-order valence-electron chi connectivity index (χ3n) is 5.20. The summed E-state index contributed by atoms with van der Waals surface area (Å²) in [5, 5.41) is 0. The number of fused-ring (bicyclic) bond motifs is 1. The van der Waals surface area contributed by atoms with Crippen molar-refractivity contribution in [2.24, 2.45) is 0 Å². The van der Waals surface area contributed by atoms with Crippen LogP contribution in [0.2, 0.25) is 0 Å². The van der Waals surface area contributed by atoms with Crippen LogP contribution in [0.5, 0.6) is 5.75 Å². The number of hydrogen-bond acceptors (Lipinski definition) is 3. The molecular weight excluding hydrogens is 362 g/mol. The second kappa shape index (κ2) is 7.76. The number of carbonyl (C=O) groups is 2. The van der Waals surface area contributed by atoms with Crippen molar-refractivity contribution in [3.8, 4) is 5.75 Å². The van der Waals surface area contributed by atoms with Gasteiger partial charge in [0.25, 0.3) is 0 Å². The summed E-state index contributed by atoms with van der Waals surface area (Å²) in [5.41, 5.74) is 0.930. The minimum absolute atomic E-state index is 0.166. The minimum atomic E-state index is -1.44. The van der Waals surface area contributed by atoms with Gasteiger partial charge in [-0.2, -0.15) is 0 Å². The number of rotatable bonds is 6. The van der Waals surface area contributed by atoms with Crippen LogP contribution >= 0.6 is 0 Å². The SMILES string of the molecule is C=CCC1(C(=O)Oc2ccccc2)C(=O)N(Cc2ccccc2)c2ccccc21. The fraction of sp³-hybridized carbons (Fsp3) is 0.120. The lowest BCUT2D eigenvalue weighted by molar-refractivity contribution is -0.145. The zero-order valence-electron chi connectivity index (χ0n) is 16.0. The van der Waals surface area contributed by atoms with Crippen LogP contribution in [0, 0.1) is 0 Å². The van der Waals surface area contributed by atoms with Crippen LogP contribution in [-0.4, -0.2) is 11.9 Å². The number of esters is 1.